The fourth-order valence-corrected chi connectivity index (χ4v) is 4.57. The van der Waals surface area contributed by atoms with Gasteiger partial charge in [-0.25, -0.2) is 9.88 Å². The Balaban J connectivity index is 1.77. The number of aromatic nitrogens is 1. The van der Waals surface area contributed by atoms with Crippen LogP contribution in [0.25, 0.3) is 0 Å². The van der Waals surface area contributed by atoms with Crippen molar-refractivity contribution in [2.24, 2.45) is 23.7 Å². The lowest BCUT2D eigenvalue weighted by Crippen LogP contribution is -2.32. The van der Waals surface area contributed by atoms with Gasteiger partial charge in [0.15, 0.2) is 5.13 Å². The third-order valence-electron chi connectivity index (χ3n) is 4.54. The Morgan fingerprint density at radius 1 is 1.18 bits per heavy atom. The van der Waals surface area contributed by atoms with Crippen LogP contribution in [0, 0.1) is 23.7 Å². The molecular weight excluding hydrogens is 236 g/mol. The molecule has 0 radical (unpaired) electrons. The molecule has 0 aromatic carbocycles. The fourth-order valence-electron chi connectivity index (χ4n) is 3.92. The summed E-state index contributed by atoms with van der Waals surface area (Å²) in [6.07, 6.45) is 4.97. The van der Waals surface area contributed by atoms with E-state index in [1.807, 2.05) is 0 Å². The van der Waals surface area contributed by atoms with Crippen molar-refractivity contribution < 1.29 is 9.59 Å². The smallest absolute Gasteiger partial charge is 0.239 e. The molecule has 0 unspecified atom stereocenters. The highest BCUT2D eigenvalue weighted by molar-refractivity contribution is 7.14. The van der Waals surface area contributed by atoms with E-state index in [9.17, 15) is 9.59 Å². The molecule has 3 aliphatic rings. The second-order valence-corrected chi connectivity index (χ2v) is 6.08. The molecule has 2 saturated carbocycles. The van der Waals surface area contributed by atoms with Gasteiger partial charge < -0.3 is 0 Å². The molecular formula is C12H12N2O2S. The molecule has 2 amide bonds. The zero-order valence-electron chi connectivity index (χ0n) is 9.20. The summed E-state index contributed by atoms with van der Waals surface area (Å²) >= 11 is 1.36. The SMILES string of the molecule is O=C1[C@@H]2[C@@H]3CC[C@@H](C3)[C@@H]2C(=O)N1c1nccs1. The van der Waals surface area contributed by atoms with Gasteiger partial charge in [0, 0.05) is 11.6 Å². The molecule has 2 heterocycles. The number of hydrogen-bond donors (Lipinski definition) is 0. The van der Waals surface area contributed by atoms with Crippen LogP contribution in [0.15, 0.2) is 11.6 Å². The van der Waals surface area contributed by atoms with E-state index in [0.717, 1.165) is 19.3 Å². The molecule has 1 aliphatic heterocycles. The van der Waals surface area contributed by atoms with Crippen LogP contribution in [-0.2, 0) is 9.59 Å². The number of carbonyl (C=O) groups excluding carboxylic acids is 2. The van der Waals surface area contributed by atoms with Crippen LogP contribution in [0.3, 0.4) is 0 Å². The minimum absolute atomic E-state index is 0.00199. The van der Waals surface area contributed by atoms with Gasteiger partial charge in [-0.2, -0.15) is 0 Å². The van der Waals surface area contributed by atoms with Crippen molar-refractivity contribution in [2.75, 3.05) is 4.90 Å². The van der Waals surface area contributed by atoms with E-state index in [2.05, 4.69) is 4.98 Å². The number of nitrogens with zero attached hydrogens (tertiary/aromatic N) is 2. The molecule has 88 valence electrons. The molecule has 17 heavy (non-hydrogen) atoms. The highest BCUT2D eigenvalue weighted by Crippen LogP contribution is 2.56. The van der Waals surface area contributed by atoms with Crippen molar-refractivity contribution >= 4 is 28.3 Å². The summed E-state index contributed by atoms with van der Waals surface area (Å²) in [6, 6.07) is 0. The quantitative estimate of drug-likeness (QED) is 0.710. The third kappa shape index (κ3) is 1.10. The molecule has 4 rings (SSSR count). The van der Waals surface area contributed by atoms with E-state index in [1.165, 1.54) is 16.2 Å². The van der Waals surface area contributed by atoms with Crippen LogP contribution in [0.2, 0.25) is 0 Å². The summed E-state index contributed by atoms with van der Waals surface area (Å²) < 4.78 is 0. The minimum Gasteiger partial charge on any atom is -0.274 e. The normalized spacial score (nSPS) is 39.2. The number of anilines is 1. The lowest BCUT2D eigenvalue weighted by molar-refractivity contribution is -0.123. The van der Waals surface area contributed by atoms with Gasteiger partial charge in [0.2, 0.25) is 11.8 Å². The summed E-state index contributed by atoms with van der Waals surface area (Å²) in [5.74, 6) is 0.831. The average Bonchev–Trinajstić information content (AvgIpc) is 3.03. The van der Waals surface area contributed by atoms with E-state index in [1.54, 1.807) is 11.6 Å². The monoisotopic (exact) mass is 248 g/mol. The van der Waals surface area contributed by atoms with Crippen LogP contribution in [0.4, 0.5) is 5.13 Å². The Hall–Kier alpha value is -1.23. The first-order chi connectivity index (χ1) is 8.27. The highest BCUT2D eigenvalue weighted by atomic mass is 32.1. The maximum Gasteiger partial charge on any atom is 0.239 e. The highest BCUT2D eigenvalue weighted by Gasteiger charge is 2.61. The fraction of sp³-hybridized carbons (Fsp3) is 0.583. The first-order valence-corrected chi connectivity index (χ1v) is 6.92. The third-order valence-corrected chi connectivity index (χ3v) is 5.29. The number of fused-ring (bicyclic) bond motifs is 5. The van der Waals surface area contributed by atoms with E-state index in [4.69, 9.17) is 0 Å². The van der Waals surface area contributed by atoms with Gasteiger partial charge in [-0.05, 0) is 31.1 Å². The van der Waals surface area contributed by atoms with Gasteiger partial charge in [-0.3, -0.25) is 9.59 Å². The van der Waals surface area contributed by atoms with Crippen molar-refractivity contribution in [2.45, 2.75) is 19.3 Å². The van der Waals surface area contributed by atoms with Crippen molar-refractivity contribution in [1.82, 2.24) is 4.98 Å². The van der Waals surface area contributed by atoms with Gasteiger partial charge >= 0.3 is 0 Å². The van der Waals surface area contributed by atoms with Crippen molar-refractivity contribution in [3.63, 3.8) is 0 Å². The number of amides is 2. The van der Waals surface area contributed by atoms with Crippen molar-refractivity contribution in [3.8, 4) is 0 Å². The Kier molecular flexibility index (Phi) is 1.82. The van der Waals surface area contributed by atoms with Gasteiger partial charge in [0.25, 0.3) is 0 Å². The van der Waals surface area contributed by atoms with E-state index >= 15 is 0 Å². The van der Waals surface area contributed by atoms with Gasteiger partial charge in [-0.15, -0.1) is 11.3 Å². The Bertz CT molecular complexity index is 471. The van der Waals surface area contributed by atoms with E-state index < -0.39 is 0 Å². The molecule has 4 atom stereocenters. The number of rotatable bonds is 1. The summed E-state index contributed by atoms with van der Waals surface area (Å²) in [4.78, 5) is 30.2. The Morgan fingerprint density at radius 3 is 2.35 bits per heavy atom. The second-order valence-electron chi connectivity index (χ2n) is 5.21. The number of imide groups is 1. The number of carbonyl (C=O) groups is 2. The Morgan fingerprint density at radius 2 is 1.82 bits per heavy atom. The molecule has 0 N–H and O–H groups in total. The molecule has 3 fully saturated rings. The predicted octanol–water partition coefficient (Wildman–Crippen LogP) is 1.68. The standard InChI is InChI=1S/C12H12N2O2S/c15-10-8-6-1-2-7(5-6)9(8)11(16)14(10)12-13-3-4-17-12/h3-4,6-9H,1-2,5H2/t6-,7+,8-,9+. The average molecular weight is 248 g/mol. The zero-order valence-corrected chi connectivity index (χ0v) is 10.0. The van der Waals surface area contributed by atoms with Crippen LogP contribution < -0.4 is 4.90 Å². The molecule has 0 spiro atoms. The summed E-state index contributed by atoms with van der Waals surface area (Å²) in [7, 11) is 0. The van der Waals surface area contributed by atoms with Crippen molar-refractivity contribution in [3.05, 3.63) is 11.6 Å². The molecule has 4 nitrogen and oxygen atoms in total. The molecule has 1 aromatic rings. The van der Waals surface area contributed by atoms with Gasteiger partial charge in [0.1, 0.15) is 0 Å². The summed E-state index contributed by atoms with van der Waals surface area (Å²) in [5, 5.41) is 2.35. The van der Waals surface area contributed by atoms with Crippen LogP contribution in [0.5, 0.6) is 0 Å². The van der Waals surface area contributed by atoms with Gasteiger partial charge in [-0.1, -0.05) is 0 Å². The van der Waals surface area contributed by atoms with Crippen LogP contribution >= 0.6 is 11.3 Å². The number of hydrogen-bond acceptors (Lipinski definition) is 4. The van der Waals surface area contributed by atoms with E-state index in [0.29, 0.717) is 17.0 Å². The topological polar surface area (TPSA) is 50.3 Å². The molecule has 5 heteroatoms. The zero-order chi connectivity index (χ0) is 11.6. The first-order valence-electron chi connectivity index (χ1n) is 6.04. The molecule has 2 aliphatic carbocycles. The summed E-state index contributed by atoms with van der Waals surface area (Å²) in [6.45, 7) is 0. The lowest BCUT2D eigenvalue weighted by atomic mass is 9.81. The number of thiazole rings is 1. The van der Waals surface area contributed by atoms with Crippen molar-refractivity contribution in [1.29, 1.82) is 0 Å². The first kappa shape index (κ1) is 9.76. The molecule has 2 bridgehead atoms. The predicted molar refractivity (Wildman–Crippen MR) is 62.4 cm³/mol. The van der Waals surface area contributed by atoms with Crippen LogP contribution in [-0.4, -0.2) is 16.8 Å². The van der Waals surface area contributed by atoms with Crippen LogP contribution in [0.1, 0.15) is 19.3 Å². The Labute approximate surface area is 103 Å². The summed E-state index contributed by atoms with van der Waals surface area (Å²) in [5.41, 5.74) is 0. The molecule has 1 saturated heterocycles. The maximum atomic E-state index is 12.4. The van der Waals surface area contributed by atoms with Gasteiger partial charge in [0.05, 0.1) is 11.8 Å². The van der Waals surface area contributed by atoms with E-state index in [-0.39, 0.29) is 23.7 Å². The second kappa shape index (κ2) is 3.16. The minimum atomic E-state index is -0.0369. The largest absolute Gasteiger partial charge is 0.274 e. The lowest BCUT2D eigenvalue weighted by Gasteiger charge is -2.19. The molecule has 1 aromatic heterocycles. The maximum absolute atomic E-state index is 12.4.